The zero-order valence-electron chi connectivity index (χ0n) is 9.05. The van der Waals surface area contributed by atoms with Gasteiger partial charge in [-0.1, -0.05) is 29.8 Å². The molecule has 0 saturated carbocycles. The van der Waals surface area contributed by atoms with E-state index in [0.29, 0.717) is 0 Å². The molecule has 3 rings (SSSR count). The third-order valence-corrected chi connectivity index (χ3v) is 2.87. The van der Waals surface area contributed by atoms with Gasteiger partial charge in [-0.2, -0.15) is 0 Å². The third kappa shape index (κ3) is 2.01. The van der Waals surface area contributed by atoms with Gasteiger partial charge < -0.3 is 0 Å². The van der Waals surface area contributed by atoms with Crippen LogP contribution in [0, 0.1) is 0 Å². The quantitative estimate of drug-likeness (QED) is 0.693. The van der Waals surface area contributed by atoms with Crippen LogP contribution < -0.4 is 0 Å². The number of aromatic nitrogens is 3. The van der Waals surface area contributed by atoms with Gasteiger partial charge in [0.15, 0.2) is 5.65 Å². The molecule has 3 aromatic rings. The number of pyridine rings is 1. The van der Waals surface area contributed by atoms with Crippen LogP contribution in [-0.4, -0.2) is 14.6 Å². The molecule has 0 fully saturated rings. The average Bonchev–Trinajstić information content (AvgIpc) is 2.73. The normalized spacial score (nSPS) is 10.9. The lowest BCUT2D eigenvalue weighted by Gasteiger charge is -2.00. The number of benzene rings is 1. The lowest BCUT2D eigenvalue weighted by molar-refractivity contribution is 0.934. The third-order valence-electron chi connectivity index (χ3n) is 2.64. The first-order valence-electron chi connectivity index (χ1n) is 5.36. The molecule has 0 atom stereocenters. The summed E-state index contributed by atoms with van der Waals surface area (Å²) in [6.45, 7) is 0. The highest BCUT2D eigenvalue weighted by atomic mass is 35.5. The SMILES string of the molecule is Clc1cccc(Cc2nnc3ccccn23)c1. The maximum atomic E-state index is 5.96. The number of halogens is 1. The van der Waals surface area contributed by atoms with Crippen molar-refractivity contribution in [1.29, 1.82) is 0 Å². The highest BCUT2D eigenvalue weighted by molar-refractivity contribution is 6.30. The first-order valence-corrected chi connectivity index (χ1v) is 5.74. The zero-order valence-corrected chi connectivity index (χ0v) is 9.80. The van der Waals surface area contributed by atoms with Gasteiger partial charge in [-0.15, -0.1) is 10.2 Å². The average molecular weight is 244 g/mol. The second kappa shape index (κ2) is 4.18. The fraction of sp³-hybridized carbons (Fsp3) is 0.0769. The predicted molar refractivity (Wildman–Crippen MR) is 67.2 cm³/mol. The summed E-state index contributed by atoms with van der Waals surface area (Å²) in [4.78, 5) is 0. The van der Waals surface area contributed by atoms with Crippen molar-refractivity contribution in [2.45, 2.75) is 6.42 Å². The standard InChI is InChI=1S/C13H10ClN3/c14-11-5-3-4-10(8-11)9-13-16-15-12-6-1-2-7-17(12)13/h1-8H,9H2. The van der Waals surface area contributed by atoms with Crippen LogP contribution in [0.1, 0.15) is 11.4 Å². The maximum Gasteiger partial charge on any atom is 0.160 e. The van der Waals surface area contributed by atoms with Crippen molar-refractivity contribution in [2.75, 3.05) is 0 Å². The van der Waals surface area contributed by atoms with Crippen LogP contribution in [0.4, 0.5) is 0 Å². The van der Waals surface area contributed by atoms with E-state index in [1.807, 2.05) is 53.1 Å². The van der Waals surface area contributed by atoms with Crippen molar-refractivity contribution in [3.63, 3.8) is 0 Å². The predicted octanol–water partition coefficient (Wildman–Crippen LogP) is 2.97. The fourth-order valence-corrected chi connectivity index (χ4v) is 2.05. The summed E-state index contributed by atoms with van der Waals surface area (Å²) in [5.74, 6) is 0.919. The summed E-state index contributed by atoms with van der Waals surface area (Å²) in [5.41, 5.74) is 2.00. The molecule has 0 aliphatic carbocycles. The number of hydrogen-bond acceptors (Lipinski definition) is 2. The summed E-state index contributed by atoms with van der Waals surface area (Å²) in [7, 11) is 0. The van der Waals surface area contributed by atoms with Gasteiger partial charge >= 0.3 is 0 Å². The van der Waals surface area contributed by atoms with Gasteiger partial charge in [-0.25, -0.2) is 0 Å². The zero-order chi connectivity index (χ0) is 11.7. The first-order chi connectivity index (χ1) is 8.33. The molecule has 17 heavy (non-hydrogen) atoms. The molecular formula is C13H10ClN3. The molecular weight excluding hydrogens is 234 g/mol. The van der Waals surface area contributed by atoms with Crippen LogP contribution in [0.25, 0.3) is 5.65 Å². The molecule has 0 saturated heterocycles. The minimum Gasteiger partial charge on any atom is -0.286 e. The smallest absolute Gasteiger partial charge is 0.160 e. The van der Waals surface area contributed by atoms with Gasteiger partial charge in [0.1, 0.15) is 5.82 Å². The molecule has 0 aliphatic heterocycles. The molecule has 4 heteroatoms. The minimum atomic E-state index is 0.728. The minimum absolute atomic E-state index is 0.728. The van der Waals surface area contributed by atoms with E-state index in [4.69, 9.17) is 11.6 Å². The Kier molecular flexibility index (Phi) is 2.53. The lowest BCUT2D eigenvalue weighted by Crippen LogP contribution is -1.95. The van der Waals surface area contributed by atoms with Gasteiger partial charge in [0, 0.05) is 17.6 Å². The van der Waals surface area contributed by atoms with Gasteiger partial charge in [0.2, 0.25) is 0 Å². The van der Waals surface area contributed by atoms with E-state index in [1.165, 1.54) is 0 Å². The molecule has 1 aromatic carbocycles. The molecule has 2 aromatic heterocycles. The summed E-state index contributed by atoms with van der Waals surface area (Å²) >= 11 is 5.96. The highest BCUT2D eigenvalue weighted by Crippen LogP contribution is 2.14. The fourth-order valence-electron chi connectivity index (χ4n) is 1.84. The number of fused-ring (bicyclic) bond motifs is 1. The second-order valence-electron chi connectivity index (χ2n) is 3.85. The maximum absolute atomic E-state index is 5.96. The summed E-state index contributed by atoms with van der Waals surface area (Å²) in [6, 6.07) is 13.7. The van der Waals surface area contributed by atoms with Gasteiger partial charge in [0.25, 0.3) is 0 Å². The molecule has 0 N–H and O–H groups in total. The van der Waals surface area contributed by atoms with Crippen LogP contribution in [0.5, 0.6) is 0 Å². The summed E-state index contributed by atoms with van der Waals surface area (Å²) in [6.07, 6.45) is 2.70. The molecule has 2 heterocycles. The Labute approximate surface area is 104 Å². The van der Waals surface area contributed by atoms with Crippen molar-refractivity contribution < 1.29 is 0 Å². The summed E-state index contributed by atoms with van der Waals surface area (Å²) < 4.78 is 1.99. The molecule has 84 valence electrons. The topological polar surface area (TPSA) is 30.2 Å². The van der Waals surface area contributed by atoms with Crippen LogP contribution >= 0.6 is 11.6 Å². The Morgan fingerprint density at radius 2 is 2.00 bits per heavy atom. The number of rotatable bonds is 2. The molecule has 3 nitrogen and oxygen atoms in total. The van der Waals surface area contributed by atoms with Crippen LogP contribution in [0.3, 0.4) is 0 Å². The Morgan fingerprint density at radius 1 is 1.06 bits per heavy atom. The van der Waals surface area contributed by atoms with Crippen LogP contribution in [0.15, 0.2) is 48.7 Å². The Bertz CT molecular complexity index is 660. The van der Waals surface area contributed by atoms with E-state index in [0.717, 1.165) is 28.5 Å². The van der Waals surface area contributed by atoms with Gasteiger partial charge in [-0.3, -0.25) is 4.40 Å². The van der Waals surface area contributed by atoms with Crippen molar-refractivity contribution >= 4 is 17.2 Å². The Hall–Kier alpha value is -1.87. The van der Waals surface area contributed by atoms with Crippen molar-refractivity contribution in [3.8, 4) is 0 Å². The first kappa shape index (κ1) is 10.3. The van der Waals surface area contributed by atoms with Crippen molar-refractivity contribution in [3.05, 3.63) is 65.1 Å². The molecule has 0 aliphatic rings. The molecule has 0 amide bonds. The number of nitrogens with zero attached hydrogens (tertiary/aromatic N) is 3. The van der Waals surface area contributed by atoms with Gasteiger partial charge in [0.05, 0.1) is 0 Å². The van der Waals surface area contributed by atoms with E-state index in [9.17, 15) is 0 Å². The van der Waals surface area contributed by atoms with Crippen molar-refractivity contribution in [1.82, 2.24) is 14.6 Å². The second-order valence-corrected chi connectivity index (χ2v) is 4.29. The Morgan fingerprint density at radius 3 is 2.88 bits per heavy atom. The molecule has 0 bridgehead atoms. The monoisotopic (exact) mass is 243 g/mol. The molecule has 0 radical (unpaired) electrons. The largest absolute Gasteiger partial charge is 0.286 e. The van der Waals surface area contributed by atoms with Crippen molar-refractivity contribution in [2.24, 2.45) is 0 Å². The van der Waals surface area contributed by atoms with E-state index in [1.54, 1.807) is 0 Å². The van der Waals surface area contributed by atoms with Crippen LogP contribution in [-0.2, 0) is 6.42 Å². The number of hydrogen-bond donors (Lipinski definition) is 0. The molecule has 0 unspecified atom stereocenters. The molecule has 0 spiro atoms. The highest BCUT2D eigenvalue weighted by Gasteiger charge is 2.05. The lowest BCUT2D eigenvalue weighted by atomic mass is 10.1. The summed E-state index contributed by atoms with van der Waals surface area (Å²) in [5, 5.41) is 9.05. The van der Waals surface area contributed by atoms with E-state index in [2.05, 4.69) is 10.2 Å². The van der Waals surface area contributed by atoms with E-state index in [-0.39, 0.29) is 0 Å². The van der Waals surface area contributed by atoms with Gasteiger partial charge in [-0.05, 0) is 29.8 Å². The Balaban J connectivity index is 2.00. The van der Waals surface area contributed by atoms with Crippen LogP contribution in [0.2, 0.25) is 5.02 Å². The van der Waals surface area contributed by atoms with E-state index >= 15 is 0 Å². The van der Waals surface area contributed by atoms with E-state index < -0.39 is 0 Å².